The van der Waals surface area contributed by atoms with Crippen LogP contribution in [0.1, 0.15) is 98.2 Å². The van der Waals surface area contributed by atoms with Crippen molar-refractivity contribution in [2.75, 3.05) is 19.8 Å². The molecule has 0 spiro atoms. The number of amides is 3. The number of aromatic nitrogens is 4. The third-order valence-electron chi connectivity index (χ3n) is 11.4. The molecule has 2 aromatic carbocycles. The van der Waals surface area contributed by atoms with Crippen LogP contribution in [0.2, 0.25) is 5.02 Å². The predicted molar refractivity (Wildman–Crippen MR) is 191 cm³/mol. The van der Waals surface area contributed by atoms with Gasteiger partial charge in [-0.3, -0.25) is 19.1 Å². The Morgan fingerprint density at radius 3 is 2.46 bits per heavy atom. The molecule has 3 atom stereocenters. The van der Waals surface area contributed by atoms with Crippen LogP contribution in [0.15, 0.2) is 54.7 Å². The number of nitrogens with zero attached hydrogens (tertiary/aromatic N) is 3. The Labute approximate surface area is 297 Å². The molecule has 3 aliphatic rings. The summed E-state index contributed by atoms with van der Waals surface area (Å²) in [6.07, 6.45) is 7.48. The smallest absolute Gasteiger partial charge is 0.270 e. The molecule has 4 N–H and O–H groups in total. The molecule has 0 bridgehead atoms. The number of imidazole rings is 1. The third kappa shape index (κ3) is 6.41. The van der Waals surface area contributed by atoms with Crippen LogP contribution in [0.4, 0.5) is 0 Å². The summed E-state index contributed by atoms with van der Waals surface area (Å²) in [5.41, 5.74) is 2.74. The number of rotatable bonds is 12. The second-order valence-electron chi connectivity index (χ2n) is 14.5. The molecule has 4 aromatic rings. The Morgan fingerprint density at radius 1 is 1.06 bits per heavy atom. The molecule has 0 unspecified atom stereocenters. The summed E-state index contributed by atoms with van der Waals surface area (Å²) in [6.45, 7) is 5.51. The maximum atomic E-state index is 14.4. The lowest BCUT2D eigenvalue weighted by Crippen LogP contribution is -2.58. The highest BCUT2D eigenvalue weighted by atomic mass is 35.5. The average molecular weight is 700 g/mol. The first-order chi connectivity index (χ1) is 24.1. The van der Waals surface area contributed by atoms with E-state index in [0.29, 0.717) is 49.1 Å². The zero-order valence-electron chi connectivity index (χ0n) is 28.9. The zero-order chi connectivity index (χ0) is 35.0. The second-order valence-corrected chi connectivity index (χ2v) is 14.9. The highest BCUT2D eigenvalue weighted by molar-refractivity contribution is 6.31. The van der Waals surface area contributed by atoms with Crippen molar-refractivity contribution in [1.29, 1.82) is 0 Å². The molecular weight excluding hydrogens is 654 g/mol. The van der Waals surface area contributed by atoms with E-state index in [0.717, 1.165) is 54.3 Å². The van der Waals surface area contributed by atoms with Gasteiger partial charge in [0.2, 0.25) is 11.8 Å². The maximum Gasteiger partial charge on any atom is 0.270 e. The number of halogens is 1. The van der Waals surface area contributed by atoms with E-state index in [4.69, 9.17) is 21.3 Å². The fourth-order valence-corrected chi connectivity index (χ4v) is 8.14. The molecule has 12 heteroatoms. The molecule has 3 amide bonds. The van der Waals surface area contributed by atoms with E-state index in [1.54, 1.807) is 24.0 Å². The van der Waals surface area contributed by atoms with Gasteiger partial charge in [0.1, 0.15) is 17.6 Å². The minimum absolute atomic E-state index is 0.106. The van der Waals surface area contributed by atoms with Gasteiger partial charge < -0.3 is 25.7 Å². The first-order valence-corrected chi connectivity index (χ1v) is 18.2. The van der Waals surface area contributed by atoms with E-state index in [9.17, 15) is 14.4 Å². The molecule has 11 nitrogen and oxygen atoms in total. The van der Waals surface area contributed by atoms with Crippen molar-refractivity contribution in [2.45, 2.75) is 82.2 Å². The first-order valence-electron chi connectivity index (χ1n) is 17.8. The Hall–Kier alpha value is -4.22. The number of aromatic amines is 1. The van der Waals surface area contributed by atoms with Gasteiger partial charge in [-0.1, -0.05) is 49.2 Å². The number of carbonyl (C=O) groups is 3. The van der Waals surface area contributed by atoms with Crippen LogP contribution in [-0.4, -0.2) is 63.3 Å². The fraction of sp³-hybridized carbons (Fsp3) is 0.500. The minimum Gasteiger partial charge on any atom is -0.381 e. The Bertz CT molecular complexity index is 1890. The number of H-pyrrole nitrogens is 1. The molecule has 0 radical (unpaired) electrons. The van der Waals surface area contributed by atoms with Gasteiger partial charge >= 0.3 is 0 Å². The van der Waals surface area contributed by atoms with Crippen molar-refractivity contribution in [3.63, 3.8) is 0 Å². The van der Waals surface area contributed by atoms with Gasteiger partial charge in [0.15, 0.2) is 0 Å². The fourth-order valence-electron chi connectivity index (χ4n) is 7.89. The van der Waals surface area contributed by atoms with Gasteiger partial charge in [0.05, 0.1) is 22.5 Å². The van der Waals surface area contributed by atoms with Crippen LogP contribution < -0.4 is 16.0 Å². The quantitative estimate of drug-likeness (QED) is 0.154. The summed E-state index contributed by atoms with van der Waals surface area (Å²) in [6, 6.07) is 14.3. The van der Waals surface area contributed by atoms with Crippen molar-refractivity contribution >= 4 is 40.4 Å². The second kappa shape index (κ2) is 13.8. The van der Waals surface area contributed by atoms with E-state index in [1.165, 1.54) is 0 Å². The number of aryl methyl sites for hydroxylation is 1. The topological polar surface area (TPSA) is 143 Å². The molecular formula is C38H46ClN7O4. The van der Waals surface area contributed by atoms with Gasteiger partial charge in [-0.15, -0.1) is 0 Å². The first kappa shape index (κ1) is 34.2. The highest BCUT2D eigenvalue weighted by Gasteiger charge is 2.51. The standard InChI is InChI=1S/C38H46ClN7O4/c1-4-40-35(48)31(23-8-7-9-23)45-36(49)38(17-20-50-21-18-38)24-12-13-27-28(22-24)43-33(42-27)32(44-34(47)29-14-19-41-46(29)3)30(37(2)15-16-37)25-10-5-6-11-26(25)39/h5-6,10-14,19,22-23,30-32H,4,7-9,15-18,20-21H2,1-3H3,(H,40,48)(H,42,43)(H,44,47)(H,45,49)/t30-,31-,32-/m0/s1. The number of ether oxygens (including phenoxy) is 1. The molecule has 50 heavy (non-hydrogen) atoms. The van der Waals surface area contributed by atoms with E-state index < -0.39 is 17.5 Å². The van der Waals surface area contributed by atoms with Crippen LogP contribution in [-0.2, 0) is 26.8 Å². The van der Waals surface area contributed by atoms with Crippen molar-refractivity contribution in [3.05, 3.63) is 82.4 Å². The Balaban J connectivity index is 1.27. The largest absolute Gasteiger partial charge is 0.381 e. The van der Waals surface area contributed by atoms with Crippen molar-refractivity contribution in [2.24, 2.45) is 18.4 Å². The van der Waals surface area contributed by atoms with E-state index >= 15 is 0 Å². The summed E-state index contributed by atoms with van der Waals surface area (Å²) < 4.78 is 7.30. The minimum atomic E-state index is -0.874. The van der Waals surface area contributed by atoms with Gasteiger partial charge in [-0.25, -0.2) is 4.98 Å². The van der Waals surface area contributed by atoms with Gasteiger partial charge in [0.25, 0.3) is 5.91 Å². The summed E-state index contributed by atoms with van der Waals surface area (Å²) in [4.78, 5) is 49.9. The van der Waals surface area contributed by atoms with Gasteiger partial charge in [-0.2, -0.15) is 5.10 Å². The number of carbonyl (C=O) groups excluding carboxylic acids is 3. The third-order valence-corrected chi connectivity index (χ3v) is 11.7. The zero-order valence-corrected chi connectivity index (χ0v) is 29.7. The van der Waals surface area contributed by atoms with Crippen molar-refractivity contribution < 1.29 is 19.1 Å². The number of nitrogens with one attached hydrogen (secondary N) is 4. The molecule has 2 aromatic heterocycles. The van der Waals surface area contributed by atoms with Crippen molar-refractivity contribution in [3.8, 4) is 0 Å². The number of fused-ring (bicyclic) bond motifs is 1. The van der Waals surface area contributed by atoms with Crippen molar-refractivity contribution in [1.82, 2.24) is 35.7 Å². The number of benzene rings is 2. The maximum absolute atomic E-state index is 14.4. The van der Waals surface area contributed by atoms with Gasteiger partial charge in [0, 0.05) is 43.9 Å². The molecule has 2 saturated carbocycles. The van der Waals surface area contributed by atoms with Gasteiger partial charge in [-0.05, 0) is 92.2 Å². The summed E-state index contributed by atoms with van der Waals surface area (Å²) in [7, 11) is 1.74. The molecule has 1 aliphatic heterocycles. The molecule has 264 valence electrons. The number of hydrogen-bond acceptors (Lipinski definition) is 6. The van der Waals surface area contributed by atoms with Crippen LogP contribution in [0.3, 0.4) is 0 Å². The molecule has 3 heterocycles. The predicted octanol–water partition coefficient (Wildman–Crippen LogP) is 5.47. The van der Waals surface area contributed by atoms with E-state index in [2.05, 4.69) is 33.0 Å². The Morgan fingerprint density at radius 2 is 1.82 bits per heavy atom. The molecule has 3 fully saturated rings. The highest BCUT2D eigenvalue weighted by Crippen LogP contribution is 2.60. The molecule has 7 rings (SSSR count). The van der Waals surface area contributed by atoms with E-state index in [-0.39, 0.29) is 35.0 Å². The molecule has 2 aliphatic carbocycles. The average Bonchev–Trinajstić information content (AvgIpc) is 3.45. The van der Waals surface area contributed by atoms with Crippen LogP contribution >= 0.6 is 11.6 Å². The van der Waals surface area contributed by atoms with Crippen LogP contribution in [0.5, 0.6) is 0 Å². The summed E-state index contributed by atoms with van der Waals surface area (Å²) in [5, 5.41) is 14.3. The van der Waals surface area contributed by atoms with E-state index in [1.807, 2.05) is 49.4 Å². The van der Waals surface area contributed by atoms with Crippen LogP contribution in [0, 0.1) is 11.3 Å². The molecule has 1 saturated heterocycles. The number of hydrogen-bond donors (Lipinski definition) is 4. The lowest BCUT2D eigenvalue weighted by atomic mass is 9.72. The lowest BCUT2D eigenvalue weighted by Gasteiger charge is -2.40. The Kier molecular flexibility index (Phi) is 9.47. The summed E-state index contributed by atoms with van der Waals surface area (Å²) in [5.74, 6) is 0.0420. The van der Waals surface area contributed by atoms with Crippen LogP contribution in [0.25, 0.3) is 11.0 Å². The number of likely N-dealkylation sites (N-methyl/N-ethyl adjacent to an activating group) is 1. The normalized spacial score (nSPS) is 19.9. The monoisotopic (exact) mass is 699 g/mol. The SMILES string of the molecule is CCNC(=O)[C@@H](NC(=O)C1(c2ccc3nc([C@@H](NC(=O)c4ccnn4C)[C@H](c4ccccc4Cl)C4(C)CC4)[nH]c3c2)CCOCC1)C1CCC1. The lowest BCUT2D eigenvalue weighted by molar-refractivity contribution is -0.136. The summed E-state index contributed by atoms with van der Waals surface area (Å²) >= 11 is 6.85.